The Morgan fingerprint density at radius 2 is 1.90 bits per heavy atom. The van der Waals surface area contributed by atoms with Crippen LogP contribution < -0.4 is 5.32 Å². The van der Waals surface area contributed by atoms with Crippen LogP contribution in [0.1, 0.15) is 18.4 Å². The Bertz CT molecular complexity index is 1120. The van der Waals surface area contributed by atoms with E-state index >= 15 is 0 Å². The third kappa shape index (κ3) is 3.45. The number of imide groups is 1. The molecule has 3 amide bonds. The maximum absolute atomic E-state index is 13.4. The Morgan fingerprint density at radius 1 is 1.17 bits per heavy atom. The van der Waals surface area contributed by atoms with Crippen LogP contribution in [0.25, 0.3) is 11.4 Å². The molecule has 1 atom stereocenters. The maximum Gasteiger partial charge on any atom is 0.325 e. The van der Waals surface area contributed by atoms with E-state index in [4.69, 9.17) is 27.7 Å². The number of nitrogens with one attached hydrogen (secondary N) is 1. The van der Waals surface area contributed by atoms with E-state index in [1.807, 2.05) is 0 Å². The van der Waals surface area contributed by atoms with Crippen molar-refractivity contribution in [2.24, 2.45) is 0 Å². The van der Waals surface area contributed by atoms with Gasteiger partial charge in [-0.15, -0.1) is 0 Å². The minimum absolute atomic E-state index is 0.0332. The number of carbonyl (C=O) groups excluding carboxylic acids is 2. The van der Waals surface area contributed by atoms with Crippen molar-refractivity contribution in [1.82, 2.24) is 20.4 Å². The summed E-state index contributed by atoms with van der Waals surface area (Å²) < 4.78 is 18.5. The van der Waals surface area contributed by atoms with E-state index in [1.54, 1.807) is 24.3 Å². The highest BCUT2D eigenvalue weighted by atomic mass is 35.5. The van der Waals surface area contributed by atoms with E-state index in [0.29, 0.717) is 16.4 Å². The Balaban J connectivity index is 1.58. The van der Waals surface area contributed by atoms with Crippen molar-refractivity contribution in [3.05, 3.63) is 69.8 Å². The zero-order valence-electron chi connectivity index (χ0n) is 14.9. The number of aromatic nitrogens is 2. The van der Waals surface area contributed by atoms with Crippen LogP contribution in [0.4, 0.5) is 9.18 Å². The van der Waals surface area contributed by atoms with E-state index in [9.17, 15) is 14.0 Å². The molecule has 1 N–H and O–H groups in total. The maximum atomic E-state index is 13.4. The van der Waals surface area contributed by atoms with Gasteiger partial charge >= 0.3 is 6.03 Å². The number of rotatable bonds is 4. The van der Waals surface area contributed by atoms with E-state index < -0.39 is 23.3 Å². The first-order valence-corrected chi connectivity index (χ1v) is 9.22. The molecule has 1 aromatic heterocycles. The fourth-order valence-corrected chi connectivity index (χ4v) is 3.57. The summed E-state index contributed by atoms with van der Waals surface area (Å²) in [6.07, 6.45) is 0. The number of carbonyl (C=O) groups is 2. The molecule has 0 radical (unpaired) electrons. The molecule has 29 heavy (non-hydrogen) atoms. The number of halogens is 3. The van der Waals surface area contributed by atoms with Gasteiger partial charge in [-0.05, 0) is 43.3 Å². The topological polar surface area (TPSA) is 88.3 Å². The van der Waals surface area contributed by atoms with E-state index in [-0.39, 0.29) is 23.0 Å². The summed E-state index contributed by atoms with van der Waals surface area (Å²) in [7, 11) is 0. The largest absolute Gasteiger partial charge is 0.337 e. The summed E-state index contributed by atoms with van der Waals surface area (Å²) in [6, 6.07) is 9.78. The molecule has 0 saturated carbocycles. The van der Waals surface area contributed by atoms with E-state index in [0.717, 1.165) is 11.0 Å². The van der Waals surface area contributed by atoms with Crippen molar-refractivity contribution >= 4 is 35.1 Å². The van der Waals surface area contributed by atoms with Gasteiger partial charge in [-0.1, -0.05) is 34.4 Å². The Kier molecular flexibility index (Phi) is 4.76. The van der Waals surface area contributed by atoms with Gasteiger partial charge in [0.05, 0.1) is 0 Å². The lowest BCUT2D eigenvalue weighted by atomic mass is 9.92. The highest BCUT2D eigenvalue weighted by molar-refractivity contribution is 6.32. The summed E-state index contributed by atoms with van der Waals surface area (Å²) >= 11 is 12.0. The van der Waals surface area contributed by atoms with E-state index in [2.05, 4.69) is 15.5 Å². The lowest BCUT2D eigenvalue weighted by Gasteiger charge is -2.23. The lowest BCUT2D eigenvalue weighted by molar-refractivity contribution is -0.131. The zero-order chi connectivity index (χ0) is 20.8. The molecule has 0 aliphatic carbocycles. The molecular weight excluding hydrogens is 422 g/mol. The quantitative estimate of drug-likeness (QED) is 0.623. The van der Waals surface area contributed by atoms with Crippen LogP contribution >= 0.6 is 23.2 Å². The first kappa shape index (κ1) is 19.4. The summed E-state index contributed by atoms with van der Waals surface area (Å²) in [6.45, 7) is 1.28. The SMILES string of the molecule is CC1(c2ccc(F)cc2Cl)NC(=O)N(Cc2nc(-c3ccc(Cl)cc3)no2)C1=O. The molecule has 4 rings (SSSR count). The molecule has 3 aromatic rings. The van der Waals surface area contributed by atoms with Crippen LogP contribution in [0, 0.1) is 5.82 Å². The standard InChI is InChI=1S/C19H13Cl2FN4O3/c1-19(13-7-6-12(22)8-14(13)21)17(27)26(18(28)24-19)9-15-23-16(25-29-15)10-2-4-11(20)5-3-10/h2-8H,9H2,1H3,(H,24,28). The van der Waals surface area contributed by atoms with Crippen LogP contribution in [0.2, 0.25) is 10.0 Å². The normalized spacial score (nSPS) is 19.0. The van der Waals surface area contributed by atoms with Gasteiger partial charge in [0.1, 0.15) is 17.9 Å². The van der Waals surface area contributed by atoms with Crippen molar-refractivity contribution in [1.29, 1.82) is 0 Å². The molecule has 1 aliphatic rings. The minimum Gasteiger partial charge on any atom is -0.337 e. The van der Waals surface area contributed by atoms with Gasteiger partial charge < -0.3 is 9.84 Å². The summed E-state index contributed by atoms with van der Waals surface area (Å²) in [5.74, 6) is -0.736. The first-order valence-electron chi connectivity index (χ1n) is 8.46. The molecular formula is C19H13Cl2FN4O3. The number of nitrogens with zero attached hydrogens (tertiary/aromatic N) is 3. The molecule has 10 heteroatoms. The van der Waals surface area contributed by atoms with Gasteiger partial charge in [0.25, 0.3) is 5.91 Å². The summed E-state index contributed by atoms with van der Waals surface area (Å²) in [5.41, 5.74) is -0.487. The number of hydrogen-bond donors (Lipinski definition) is 1. The molecule has 1 aliphatic heterocycles. The molecule has 2 heterocycles. The predicted molar refractivity (Wildman–Crippen MR) is 103 cm³/mol. The highest BCUT2D eigenvalue weighted by Crippen LogP contribution is 2.34. The molecule has 7 nitrogen and oxygen atoms in total. The third-order valence-electron chi connectivity index (χ3n) is 4.61. The number of hydrogen-bond acceptors (Lipinski definition) is 5. The second-order valence-corrected chi connectivity index (χ2v) is 7.43. The molecule has 0 bridgehead atoms. The van der Waals surface area contributed by atoms with Gasteiger partial charge in [-0.25, -0.2) is 9.18 Å². The van der Waals surface area contributed by atoms with Crippen LogP contribution in [0.5, 0.6) is 0 Å². The first-order chi connectivity index (χ1) is 13.8. The Hall–Kier alpha value is -2.97. The number of amides is 3. The highest BCUT2D eigenvalue weighted by Gasteiger charge is 2.50. The van der Waals surface area contributed by atoms with Crippen molar-refractivity contribution in [2.75, 3.05) is 0 Å². The van der Waals surface area contributed by atoms with Gasteiger partial charge in [0, 0.05) is 21.2 Å². The number of urea groups is 1. The summed E-state index contributed by atoms with van der Waals surface area (Å²) in [4.78, 5) is 30.6. The molecule has 148 valence electrons. The van der Waals surface area contributed by atoms with Crippen molar-refractivity contribution in [3.8, 4) is 11.4 Å². The van der Waals surface area contributed by atoms with E-state index in [1.165, 1.54) is 19.1 Å². The third-order valence-corrected chi connectivity index (χ3v) is 5.17. The van der Waals surface area contributed by atoms with Crippen molar-refractivity contribution < 1.29 is 18.5 Å². The van der Waals surface area contributed by atoms with Crippen LogP contribution in [0.15, 0.2) is 47.0 Å². The lowest BCUT2D eigenvalue weighted by Crippen LogP contribution is -2.41. The minimum atomic E-state index is -1.44. The van der Waals surface area contributed by atoms with Gasteiger partial charge in [-0.3, -0.25) is 9.69 Å². The average molecular weight is 435 g/mol. The van der Waals surface area contributed by atoms with Crippen LogP contribution in [0.3, 0.4) is 0 Å². The molecule has 1 fully saturated rings. The van der Waals surface area contributed by atoms with Crippen molar-refractivity contribution in [3.63, 3.8) is 0 Å². The summed E-state index contributed by atoms with van der Waals surface area (Å²) in [5, 5.41) is 7.06. The molecule has 2 aromatic carbocycles. The van der Waals surface area contributed by atoms with Gasteiger partial charge in [0.15, 0.2) is 0 Å². The van der Waals surface area contributed by atoms with Crippen LogP contribution in [-0.2, 0) is 16.9 Å². The Labute approximate surface area is 174 Å². The fourth-order valence-electron chi connectivity index (χ4n) is 3.09. The zero-order valence-corrected chi connectivity index (χ0v) is 16.5. The van der Waals surface area contributed by atoms with Crippen LogP contribution in [-0.4, -0.2) is 27.0 Å². The second-order valence-electron chi connectivity index (χ2n) is 6.59. The second kappa shape index (κ2) is 7.13. The van der Waals surface area contributed by atoms with Gasteiger partial charge in [0.2, 0.25) is 11.7 Å². The molecule has 0 spiro atoms. The molecule has 1 unspecified atom stereocenters. The fraction of sp³-hybridized carbons (Fsp3) is 0.158. The van der Waals surface area contributed by atoms with Crippen molar-refractivity contribution in [2.45, 2.75) is 19.0 Å². The Morgan fingerprint density at radius 3 is 2.59 bits per heavy atom. The smallest absolute Gasteiger partial charge is 0.325 e. The predicted octanol–water partition coefficient (Wildman–Crippen LogP) is 4.15. The monoisotopic (exact) mass is 434 g/mol. The average Bonchev–Trinajstić information content (AvgIpc) is 3.21. The number of benzene rings is 2. The van der Waals surface area contributed by atoms with Gasteiger partial charge in [-0.2, -0.15) is 4.98 Å². The molecule has 1 saturated heterocycles.